The van der Waals surface area contributed by atoms with Gasteiger partial charge < -0.3 is 10.5 Å². The Bertz CT molecular complexity index is 525. The van der Waals surface area contributed by atoms with Crippen LogP contribution in [-0.4, -0.2) is 32.6 Å². The molecule has 1 aliphatic rings. The number of benzene rings is 1. The third-order valence-electron chi connectivity index (χ3n) is 3.37. The van der Waals surface area contributed by atoms with Crippen LogP contribution in [0.2, 0.25) is 0 Å². The first kappa shape index (κ1) is 13.4. The fourth-order valence-electron chi connectivity index (χ4n) is 2.00. The highest BCUT2D eigenvalue weighted by Gasteiger charge is 2.19. The van der Waals surface area contributed by atoms with E-state index in [-0.39, 0.29) is 12.3 Å². The third kappa shape index (κ3) is 2.84. The SMILES string of the molecule is CC(CN)S(=O)(=O)CCc1ccc2c(c1)CCO2. The minimum atomic E-state index is -3.08. The molecular weight excluding hydrogens is 250 g/mol. The molecule has 2 rings (SSSR count). The standard InChI is InChI=1S/C13H19NO3S/c1-10(9-14)18(15,16)7-5-11-2-3-13-12(8-11)4-6-17-13/h2-3,8,10H,4-7,9,14H2,1H3. The first-order valence-corrected chi connectivity index (χ1v) is 7.90. The smallest absolute Gasteiger partial charge is 0.154 e. The topological polar surface area (TPSA) is 69.4 Å². The molecule has 0 aliphatic carbocycles. The molecule has 100 valence electrons. The first-order valence-electron chi connectivity index (χ1n) is 6.19. The van der Waals surface area contributed by atoms with E-state index in [1.807, 2.05) is 18.2 Å². The Balaban J connectivity index is 2.03. The number of sulfone groups is 1. The lowest BCUT2D eigenvalue weighted by Crippen LogP contribution is -2.29. The summed E-state index contributed by atoms with van der Waals surface area (Å²) in [4.78, 5) is 0. The van der Waals surface area contributed by atoms with E-state index in [0.717, 1.165) is 24.3 Å². The molecule has 5 heteroatoms. The maximum Gasteiger partial charge on any atom is 0.154 e. The maximum absolute atomic E-state index is 11.9. The summed E-state index contributed by atoms with van der Waals surface area (Å²) in [6, 6.07) is 5.91. The van der Waals surface area contributed by atoms with Crippen LogP contribution in [-0.2, 0) is 22.7 Å². The number of hydrogen-bond donors (Lipinski definition) is 1. The Morgan fingerprint density at radius 1 is 1.44 bits per heavy atom. The van der Waals surface area contributed by atoms with Gasteiger partial charge in [-0.1, -0.05) is 12.1 Å². The van der Waals surface area contributed by atoms with Crippen molar-refractivity contribution in [2.45, 2.75) is 25.0 Å². The fourth-order valence-corrected chi connectivity index (χ4v) is 3.22. The van der Waals surface area contributed by atoms with E-state index in [9.17, 15) is 8.42 Å². The van der Waals surface area contributed by atoms with E-state index < -0.39 is 15.1 Å². The zero-order valence-corrected chi connectivity index (χ0v) is 11.4. The highest BCUT2D eigenvalue weighted by Crippen LogP contribution is 2.26. The molecule has 0 saturated carbocycles. The number of hydrogen-bond acceptors (Lipinski definition) is 4. The molecule has 0 fully saturated rings. The van der Waals surface area contributed by atoms with Crippen LogP contribution in [0.5, 0.6) is 5.75 Å². The molecule has 1 aliphatic heterocycles. The van der Waals surface area contributed by atoms with Crippen molar-refractivity contribution in [3.63, 3.8) is 0 Å². The number of aryl methyl sites for hydroxylation is 1. The second kappa shape index (κ2) is 5.28. The van der Waals surface area contributed by atoms with Gasteiger partial charge in [-0.3, -0.25) is 0 Å². The number of rotatable bonds is 5. The van der Waals surface area contributed by atoms with E-state index in [1.54, 1.807) is 6.92 Å². The minimum Gasteiger partial charge on any atom is -0.493 e. The van der Waals surface area contributed by atoms with E-state index >= 15 is 0 Å². The van der Waals surface area contributed by atoms with Gasteiger partial charge in [-0.15, -0.1) is 0 Å². The molecule has 18 heavy (non-hydrogen) atoms. The van der Waals surface area contributed by atoms with E-state index in [2.05, 4.69) is 0 Å². The van der Waals surface area contributed by atoms with Crippen molar-refractivity contribution in [3.05, 3.63) is 29.3 Å². The molecule has 1 atom stereocenters. The lowest BCUT2D eigenvalue weighted by Gasteiger charge is -2.10. The molecule has 0 spiro atoms. The van der Waals surface area contributed by atoms with Gasteiger partial charge in [0.2, 0.25) is 0 Å². The van der Waals surface area contributed by atoms with Gasteiger partial charge in [0.15, 0.2) is 9.84 Å². The van der Waals surface area contributed by atoms with Crippen molar-refractivity contribution in [1.29, 1.82) is 0 Å². The molecule has 0 radical (unpaired) electrons. The summed E-state index contributed by atoms with van der Waals surface area (Å²) >= 11 is 0. The maximum atomic E-state index is 11.9. The molecular formula is C13H19NO3S. The van der Waals surface area contributed by atoms with Gasteiger partial charge in [-0.25, -0.2) is 8.42 Å². The Morgan fingerprint density at radius 2 is 2.22 bits per heavy atom. The molecule has 1 heterocycles. The van der Waals surface area contributed by atoms with Crippen molar-refractivity contribution < 1.29 is 13.2 Å². The first-order chi connectivity index (χ1) is 8.53. The van der Waals surface area contributed by atoms with Crippen LogP contribution in [0.25, 0.3) is 0 Å². The fraction of sp³-hybridized carbons (Fsp3) is 0.538. The van der Waals surface area contributed by atoms with Gasteiger partial charge in [0.1, 0.15) is 5.75 Å². The summed E-state index contributed by atoms with van der Waals surface area (Å²) in [5.74, 6) is 1.09. The van der Waals surface area contributed by atoms with Crippen LogP contribution in [0.1, 0.15) is 18.1 Å². The molecule has 1 aromatic rings. The second-order valence-corrected chi connectivity index (χ2v) is 7.24. The van der Waals surface area contributed by atoms with Crippen LogP contribution in [0.3, 0.4) is 0 Å². The van der Waals surface area contributed by atoms with Gasteiger partial charge >= 0.3 is 0 Å². The molecule has 0 amide bonds. The lowest BCUT2D eigenvalue weighted by molar-refractivity contribution is 0.357. The van der Waals surface area contributed by atoms with Crippen LogP contribution in [0, 0.1) is 0 Å². The van der Waals surface area contributed by atoms with Gasteiger partial charge in [0.05, 0.1) is 17.6 Å². The van der Waals surface area contributed by atoms with Crippen LogP contribution in [0.4, 0.5) is 0 Å². The Kier molecular flexibility index (Phi) is 3.92. The highest BCUT2D eigenvalue weighted by molar-refractivity contribution is 7.92. The molecule has 1 unspecified atom stereocenters. The van der Waals surface area contributed by atoms with Gasteiger partial charge in [-0.05, 0) is 30.5 Å². The Hall–Kier alpha value is -1.07. The Morgan fingerprint density at radius 3 is 2.94 bits per heavy atom. The number of fused-ring (bicyclic) bond motifs is 1. The number of ether oxygens (including phenoxy) is 1. The van der Waals surface area contributed by atoms with E-state index in [1.165, 1.54) is 5.56 Å². The Labute approximate surface area is 108 Å². The van der Waals surface area contributed by atoms with Crippen LogP contribution in [0.15, 0.2) is 18.2 Å². The molecule has 2 N–H and O–H groups in total. The van der Waals surface area contributed by atoms with Gasteiger partial charge in [-0.2, -0.15) is 0 Å². The normalized spacial score (nSPS) is 16.1. The average molecular weight is 269 g/mol. The molecule has 0 bridgehead atoms. The summed E-state index contributed by atoms with van der Waals surface area (Å²) in [5.41, 5.74) is 7.63. The quantitative estimate of drug-likeness (QED) is 0.863. The van der Waals surface area contributed by atoms with E-state index in [0.29, 0.717) is 6.42 Å². The minimum absolute atomic E-state index is 0.158. The summed E-state index contributed by atoms with van der Waals surface area (Å²) in [6.45, 7) is 2.56. The predicted octanol–water partition coefficient (Wildman–Crippen LogP) is 0.926. The lowest BCUT2D eigenvalue weighted by atomic mass is 10.1. The third-order valence-corrected chi connectivity index (χ3v) is 5.57. The van der Waals surface area contributed by atoms with Crippen molar-refractivity contribution >= 4 is 9.84 Å². The van der Waals surface area contributed by atoms with Crippen molar-refractivity contribution in [2.75, 3.05) is 18.9 Å². The molecule has 1 aromatic carbocycles. The summed E-state index contributed by atoms with van der Waals surface area (Å²) in [6.07, 6.45) is 1.45. The largest absolute Gasteiger partial charge is 0.493 e. The van der Waals surface area contributed by atoms with Crippen LogP contribution < -0.4 is 10.5 Å². The van der Waals surface area contributed by atoms with E-state index in [4.69, 9.17) is 10.5 Å². The number of nitrogens with two attached hydrogens (primary N) is 1. The molecule has 4 nitrogen and oxygen atoms in total. The summed E-state index contributed by atoms with van der Waals surface area (Å²) in [7, 11) is -3.08. The highest BCUT2D eigenvalue weighted by atomic mass is 32.2. The zero-order valence-electron chi connectivity index (χ0n) is 10.6. The predicted molar refractivity (Wildman–Crippen MR) is 71.6 cm³/mol. The monoisotopic (exact) mass is 269 g/mol. The summed E-state index contributed by atoms with van der Waals surface area (Å²) < 4.78 is 29.1. The second-order valence-electron chi connectivity index (χ2n) is 4.70. The zero-order chi connectivity index (χ0) is 13.2. The van der Waals surface area contributed by atoms with Crippen molar-refractivity contribution in [3.8, 4) is 5.75 Å². The van der Waals surface area contributed by atoms with Crippen molar-refractivity contribution in [1.82, 2.24) is 0 Å². The average Bonchev–Trinajstić information content (AvgIpc) is 2.82. The summed E-state index contributed by atoms with van der Waals surface area (Å²) in [5, 5.41) is -0.463. The van der Waals surface area contributed by atoms with Crippen molar-refractivity contribution in [2.24, 2.45) is 5.73 Å². The molecule has 0 aromatic heterocycles. The van der Waals surface area contributed by atoms with Crippen LogP contribution >= 0.6 is 0 Å². The molecule has 0 saturated heterocycles. The van der Waals surface area contributed by atoms with Gasteiger partial charge in [0.25, 0.3) is 0 Å². The van der Waals surface area contributed by atoms with Gasteiger partial charge in [0, 0.05) is 13.0 Å².